The summed E-state index contributed by atoms with van der Waals surface area (Å²) >= 11 is 0.826. The molecule has 0 radical (unpaired) electrons. The Labute approximate surface area is 121 Å². The van der Waals surface area contributed by atoms with Crippen LogP contribution in [0.15, 0.2) is 4.34 Å². The minimum absolute atomic E-state index is 0.0984. The van der Waals surface area contributed by atoms with Crippen LogP contribution in [-0.4, -0.2) is 41.5 Å². The fourth-order valence-electron chi connectivity index (χ4n) is 2.07. The molecule has 1 fully saturated rings. The Hall–Kier alpha value is -1.10. The van der Waals surface area contributed by atoms with E-state index in [1.165, 1.54) is 11.2 Å². The third-order valence-corrected chi connectivity index (χ3v) is 6.25. The van der Waals surface area contributed by atoms with Crippen molar-refractivity contribution in [3.63, 3.8) is 0 Å². The molecular formula is C10H17N5O3S2. The van der Waals surface area contributed by atoms with Crippen LogP contribution in [0.3, 0.4) is 0 Å². The van der Waals surface area contributed by atoms with Gasteiger partial charge in [-0.15, -0.1) is 10.2 Å². The van der Waals surface area contributed by atoms with E-state index in [4.69, 9.17) is 5.73 Å². The second-order valence-electron chi connectivity index (χ2n) is 4.78. The number of carbonyl (C=O) groups is 1. The van der Waals surface area contributed by atoms with Gasteiger partial charge in [-0.25, -0.2) is 8.42 Å². The summed E-state index contributed by atoms with van der Waals surface area (Å²) in [6.07, 6.45) is 1.12. The van der Waals surface area contributed by atoms with Crippen LogP contribution in [0.5, 0.6) is 0 Å². The van der Waals surface area contributed by atoms with Gasteiger partial charge < -0.3 is 11.1 Å². The third kappa shape index (κ3) is 2.97. The lowest BCUT2D eigenvalue weighted by Crippen LogP contribution is -2.52. The van der Waals surface area contributed by atoms with Crippen LogP contribution in [0.2, 0.25) is 0 Å². The van der Waals surface area contributed by atoms with Crippen molar-refractivity contribution in [3.8, 4) is 0 Å². The first-order valence-electron chi connectivity index (χ1n) is 6.21. The Kier molecular flexibility index (Phi) is 4.37. The molecule has 1 aliphatic rings. The summed E-state index contributed by atoms with van der Waals surface area (Å²) in [4.78, 5) is 10.9. The number of aromatic nitrogens is 2. The van der Waals surface area contributed by atoms with Gasteiger partial charge in [0, 0.05) is 13.5 Å². The largest absolute Gasteiger partial charge is 0.315 e. The van der Waals surface area contributed by atoms with Crippen LogP contribution in [0, 0.1) is 5.92 Å². The first kappa shape index (κ1) is 15.3. The molecule has 8 nitrogen and oxygen atoms in total. The number of anilines is 1. The Morgan fingerprint density at radius 3 is 2.85 bits per heavy atom. The molecule has 0 saturated carbocycles. The van der Waals surface area contributed by atoms with Crippen LogP contribution in [0.4, 0.5) is 5.13 Å². The van der Waals surface area contributed by atoms with Crippen LogP contribution in [0.25, 0.3) is 0 Å². The van der Waals surface area contributed by atoms with Crippen LogP contribution >= 0.6 is 11.3 Å². The summed E-state index contributed by atoms with van der Waals surface area (Å²) in [5.74, 6) is -0.227. The number of amides is 1. The Morgan fingerprint density at radius 2 is 2.20 bits per heavy atom. The van der Waals surface area contributed by atoms with Crippen molar-refractivity contribution in [1.29, 1.82) is 0 Å². The van der Waals surface area contributed by atoms with Crippen LogP contribution in [0.1, 0.15) is 26.7 Å². The number of carbonyl (C=O) groups excluding carboxylic acids is 1. The molecule has 2 atom stereocenters. The molecule has 1 amide bonds. The Morgan fingerprint density at radius 1 is 1.50 bits per heavy atom. The lowest BCUT2D eigenvalue weighted by atomic mass is 9.99. The van der Waals surface area contributed by atoms with Crippen LogP contribution < -0.4 is 11.1 Å². The monoisotopic (exact) mass is 319 g/mol. The molecular weight excluding hydrogens is 302 g/mol. The van der Waals surface area contributed by atoms with E-state index in [0.717, 1.165) is 24.2 Å². The maximum Gasteiger partial charge on any atom is 0.273 e. The molecule has 1 aromatic heterocycles. The maximum atomic E-state index is 12.5. The summed E-state index contributed by atoms with van der Waals surface area (Å²) in [5.41, 5.74) is 5.97. The van der Waals surface area contributed by atoms with Gasteiger partial charge in [0.2, 0.25) is 15.4 Å². The third-order valence-electron chi connectivity index (χ3n) is 3.17. The zero-order valence-corrected chi connectivity index (χ0v) is 12.9. The maximum absolute atomic E-state index is 12.5. The highest BCUT2D eigenvalue weighted by Gasteiger charge is 2.37. The fraction of sp³-hybridized carbons (Fsp3) is 0.700. The smallest absolute Gasteiger partial charge is 0.273 e. The molecule has 1 aromatic rings. The second kappa shape index (κ2) is 5.72. The van der Waals surface area contributed by atoms with Crippen molar-refractivity contribution in [2.24, 2.45) is 11.7 Å². The average Bonchev–Trinajstić information content (AvgIpc) is 2.80. The van der Waals surface area contributed by atoms with Crippen molar-refractivity contribution in [1.82, 2.24) is 14.5 Å². The number of nitrogens with zero attached hydrogens (tertiary/aromatic N) is 3. The van der Waals surface area contributed by atoms with Gasteiger partial charge in [0.1, 0.15) is 0 Å². The zero-order chi connectivity index (χ0) is 14.9. The predicted molar refractivity (Wildman–Crippen MR) is 74.5 cm³/mol. The van der Waals surface area contributed by atoms with Gasteiger partial charge in [-0.1, -0.05) is 18.3 Å². The predicted octanol–water partition coefficient (Wildman–Crippen LogP) is 0.202. The molecule has 2 rings (SSSR count). The average molecular weight is 319 g/mol. The van der Waals surface area contributed by atoms with Gasteiger partial charge in [0.15, 0.2) is 0 Å². The van der Waals surface area contributed by atoms with Crippen molar-refractivity contribution >= 4 is 32.4 Å². The Bertz CT molecular complexity index is 600. The van der Waals surface area contributed by atoms with E-state index in [-0.39, 0.29) is 21.3 Å². The van der Waals surface area contributed by atoms with Crippen molar-refractivity contribution < 1.29 is 13.2 Å². The molecule has 20 heavy (non-hydrogen) atoms. The molecule has 1 saturated heterocycles. The molecule has 2 heterocycles. The Balaban J connectivity index is 2.25. The number of nitrogens with one attached hydrogen (secondary N) is 1. The van der Waals surface area contributed by atoms with E-state index in [9.17, 15) is 13.2 Å². The molecule has 0 aromatic carbocycles. The van der Waals surface area contributed by atoms with E-state index in [2.05, 4.69) is 15.5 Å². The molecule has 2 unspecified atom stereocenters. The SMILES string of the molecule is CC(=O)Nc1nnc(S(=O)(=O)N2CCCC(C)C2N)s1. The number of nitrogens with two attached hydrogens (primary N) is 1. The lowest BCUT2D eigenvalue weighted by Gasteiger charge is -2.35. The molecule has 0 bridgehead atoms. The van der Waals surface area contributed by atoms with Crippen molar-refractivity contribution in [2.45, 2.75) is 37.2 Å². The first-order chi connectivity index (χ1) is 9.32. The summed E-state index contributed by atoms with van der Waals surface area (Å²) in [6, 6.07) is 0. The molecule has 112 valence electrons. The lowest BCUT2D eigenvalue weighted by molar-refractivity contribution is -0.114. The van der Waals surface area contributed by atoms with Gasteiger partial charge in [0.05, 0.1) is 6.17 Å². The normalized spacial score (nSPS) is 24.6. The molecule has 0 spiro atoms. The summed E-state index contributed by atoms with van der Waals surface area (Å²) in [5, 5.41) is 9.87. The number of rotatable bonds is 3. The summed E-state index contributed by atoms with van der Waals surface area (Å²) < 4.78 is 26.1. The topological polar surface area (TPSA) is 118 Å². The zero-order valence-electron chi connectivity index (χ0n) is 11.2. The first-order valence-corrected chi connectivity index (χ1v) is 8.46. The fourth-order valence-corrected chi connectivity index (χ4v) is 4.78. The number of sulfonamides is 1. The minimum Gasteiger partial charge on any atom is -0.315 e. The van der Waals surface area contributed by atoms with Crippen molar-refractivity contribution in [2.75, 3.05) is 11.9 Å². The minimum atomic E-state index is -3.76. The number of hydrogen-bond acceptors (Lipinski definition) is 7. The molecule has 0 aliphatic carbocycles. The van der Waals surface area contributed by atoms with Gasteiger partial charge in [-0.05, 0) is 18.8 Å². The van der Waals surface area contributed by atoms with Gasteiger partial charge >= 0.3 is 0 Å². The number of hydrogen-bond donors (Lipinski definition) is 2. The van der Waals surface area contributed by atoms with Crippen LogP contribution in [-0.2, 0) is 14.8 Å². The van der Waals surface area contributed by atoms with E-state index in [0.29, 0.717) is 6.54 Å². The highest BCUT2D eigenvalue weighted by atomic mass is 32.2. The summed E-state index contributed by atoms with van der Waals surface area (Å²) in [7, 11) is -3.76. The standard InChI is InChI=1S/C10H17N5O3S2/c1-6-4-3-5-15(8(6)11)20(17,18)10-14-13-9(19-10)12-7(2)16/h6,8H,3-5,11H2,1-2H3,(H,12,13,16). The highest BCUT2D eigenvalue weighted by molar-refractivity contribution is 7.91. The van der Waals surface area contributed by atoms with Crippen molar-refractivity contribution in [3.05, 3.63) is 0 Å². The van der Waals surface area contributed by atoms with Gasteiger partial charge in [-0.3, -0.25) is 4.79 Å². The number of piperidine rings is 1. The quantitative estimate of drug-likeness (QED) is 0.768. The molecule has 1 aliphatic heterocycles. The van der Waals surface area contributed by atoms with E-state index >= 15 is 0 Å². The van der Waals surface area contributed by atoms with Gasteiger partial charge in [-0.2, -0.15) is 4.31 Å². The second-order valence-corrected chi connectivity index (χ2v) is 7.82. The van der Waals surface area contributed by atoms with Gasteiger partial charge in [0.25, 0.3) is 10.0 Å². The highest BCUT2D eigenvalue weighted by Crippen LogP contribution is 2.29. The molecule has 10 heteroatoms. The van der Waals surface area contributed by atoms with E-state index in [1.54, 1.807) is 0 Å². The summed E-state index contributed by atoms with van der Waals surface area (Å²) in [6.45, 7) is 3.62. The molecule has 3 N–H and O–H groups in total. The van der Waals surface area contributed by atoms with E-state index < -0.39 is 16.2 Å². The van der Waals surface area contributed by atoms with E-state index in [1.807, 2.05) is 6.92 Å².